The van der Waals surface area contributed by atoms with Crippen LogP contribution in [0.4, 0.5) is 9.18 Å². The van der Waals surface area contributed by atoms with Gasteiger partial charge in [-0.2, -0.15) is 0 Å². The Balaban J connectivity index is 1.91. The normalized spacial score (nSPS) is 16.2. The Bertz CT molecular complexity index is 1050. The molecule has 9 nitrogen and oxygen atoms in total. The SMILES string of the molecule is CCNC(=O)N(CCN(C)C)Cc1cnc(S(=O)(=O)Cc2ccc(F)cc2)n1CC1CCCO1. The third-order valence-corrected chi connectivity index (χ3v) is 7.24. The lowest BCUT2D eigenvalue weighted by atomic mass is 10.2. The number of nitrogens with one attached hydrogen (secondary N) is 1. The second kappa shape index (κ2) is 11.8. The molecule has 1 atom stereocenters. The maximum atomic E-state index is 13.3. The fourth-order valence-electron chi connectivity index (χ4n) is 3.85. The van der Waals surface area contributed by atoms with Crippen molar-refractivity contribution in [1.29, 1.82) is 0 Å². The summed E-state index contributed by atoms with van der Waals surface area (Å²) in [5.74, 6) is -0.720. The number of aromatic nitrogens is 2. The van der Waals surface area contributed by atoms with E-state index in [1.165, 1.54) is 30.5 Å². The van der Waals surface area contributed by atoms with Crippen LogP contribution in [-0.4, -0.2) is 80.2 Å². The molecule has 1 aliphatic heterocycles. The Labute approximate surface area is 200 Å². The Morgan fingerprint density at radius 3 is 2.62 bits per heavy atom. The summed E-state index contributed by atoms with van der Waals surface area (Å²) in [6.07, 6.45) is 3.15. The van der Waals surface area contributed by atoms with Gasteiger partial charge < -0.3 is 24.4 Å². The monoisotopic (exact) mass is 495 g/mol. The van der Waals surface area contributed by atoms with Gasteiger partial charge in [-0.05, 0) is 51.6 Å². The van der Waals surface area contributed by atoms with Crippen molar-refractivity contribution in [3.63, 3.8) is 0 Å². The molecule has 1 fully saturated rings. The van der Waals surface area contributed by atoms with E-state index in [4.69, 9.17) is 4.74 Å². The Morgan fingerprint density at radius 2 is 2.00 bits per heavy atom. The summed E-state index contributed by atoms with van der Waals surface area (Å²) in [6, 6.07) is 5.18. The number of rotatable bonds is 11. The highest BCUT2D eigenvalue weighted by Gasteiger charge is 2.28. The van der Waals surface area contributed by atoms with Crippen LogP contribution in [0.1, 0.15) is 31.0 Å². The zero-order valence-electron chi connectivity index (χ0n) is 20.0. The van der Waals surface area contributed by atoms with E-state index in [0.717, 1.165) is 12.8 Å². The third kappa shape index (κ3) is 7.00. The van der Waals surface area contributed by atoms with Gasteiger partial charge in [0.1, 0.15) is 5.82 Å². The molecule has 1 aromatic carbocycles. The molecular formula is C23H34FN5O4S. The number of urea groups is 1. The molecule has 0 bridgehead atoms. The molecule has 0 aliphatic carbocycles. The summed E-state index contributed by atoms with van der Waals surface area (Å²) < 4.78 is 47.3. The van der Waals surface area contributed by atoms with E-state index in [2.05, 4.69) is 10.3 Å². The molecule has 1 unspecified atom stereocenters. The molecule has 1 aromatic heterocycles. The van der Waals surface area contributed by atoms with Crippen molar-refractivity contribution in [3.8, 4) is 0 Å². The molecule has 1 saturated heterocycles. The molecule has 0 saturated carbocycles. The van der Waals surface area contributed by atoms with E-state index >= 15 is 0 Å². The van der Waals surface area contributed by atoms with Crippen molar-refractivity contribution >= 4 is 15.9 Å². The molecule has 188 valence electrons. The number of ether oxygens (including phenoxy) is 1. The van der Waals surface area contributed by atoms with Gasteiger partial charge in [0.2, 0.25) is 15.0 Å². The van der Waals surface area contributed by atoms with E-state index in [9.17, 15) is 17.6 Å². The van der Waals surface area contributed by atoms with Crippen LogP contribution in [-0.2, 0) is 33.4 Å². The van der Waals surface area contributed by atoms with Crippen molar-refractivity contribution in [1.82, 2.24) is 24.7 Å². The molecule has 0 spiro atoms. The smallest absolute Gasteiger partial charge is 0.317 e. The van der Waals surface area contributed by atoms with E-state index in [0.29, 0.717) is 44.0 Å². The number of likely N-dealkylation sites (N-methyl/N-ethyl adjacent to an activating group) is 1. The maximum Gasteiger partial charge on any atom is 0.317 e. The third-order valence-electron chi connectivity index (χ3n) is 5.65. The highest BCUT2D eigenvalue weighted by Crippen LogP contribution is 2.22. The van der Waals surface area contributed by atoms with E-state index < -0.39 is 15.7 Å². The van der Waals surface area contributed by atoms with Gasteiger partial charge in [0, 0.05) is 26.2 Å². The average molecular weight is 496 g/mol. The first kappa shape index (κ1) is 26.1. The van der Waals surface area contributed by atoms with Crippen LogP contribution in [0.3, 0.4) is 0 Å². The van der Waals surface area contributed by atoms with Crippen molar-refractivity contribution in [2.24, 2.45) is 0 Å². The van der Waals surface area contributed by atoms with Crippen molar-refractivity contribution in [3.05, 3.63) is 47.5 Å². The number of benzene rings is 1. The zero-order valence-corrected chi connectivity index (χ0v) is 20.9. The van der Waals surface area contributed by atoms with Crippen LogP contribution in [0, 0.1) is 5.82 Å². The van der Waals surface area contributed by atoms with Crippen LogP contribution < -0.4 is 5.32 Å². The Kier molecular flexibility index (Phi) is 9.03. The number of amides is 2. The molecule has 1 N–H and O–H groups in total. The first-order valence-corrected chi connectivity index (χ1v) is 13.2. The standard InChI is InChI=1S/C23H34FN5O4S/c1-4-25-22(30)28(12-11-27(2)3)15-20-14-26-23(29(20)16-21-6-5-13-33-21)34(31,32)17-18-7-9-19(24)10-8-18/h7-10,14,21H,4-6,11-13,15-17H2,1-3H3,(H,25,30). The molecule has 0 radical (unpaired) electrons. The van der Waals surface area contributed by atoms with Crippen molar-refractivity contribution in [2.75, 3.05) is 40.3 Å². The molecule has 2 heterocycles. The Hall–Kier alpha value is -2.50. The number of hydrogen-bond donors (Lipinski definition) is 1. The van der Waals surface area contributed by atoms with E-state index in [1.54, 1.807) is 9.47 Å². The average Bonchev–Trinajstić information content (AvgIpc) is 3.43. The highest BCUT2D eigenvalue weighted by atomic mass is 32.2. The zero-order chi connectivity index (χ0) is 24.7. The van der Waals surface area contributed by atoms with Gasteiger partial charge in [-0.1, -0.05) is 12.1 Å². The quantitative estimate of drug-likeness (QED) is 0.514. The van der Waals surface area contributed by atoms with Gasteiger partial charge in [-0.3, -0.25) is 0 Å². The number of carbonyl (C=O) groups excluding carboxylic acids is 1. The molecule has 11 heteroatoms. The summed E-state index contributed by atoms with van der Waals surface area (Å²) >= 11 is 0. The van der Waals surface area contributed by atoms with Crippen molar-refractivity contribution < 1.29 is 22.3 Å². The molecule has 3 rings (SSSR count). The van der Waals surface area contributed by atoms with Gasteiger partial charge in [-0.15, -0.1) is 0 Å². The molecular weight excluding hydrogens is 461 g/mol. The van der Waals surface area contributed by atoms with Gasteiger partial charge in [-0.25, -0.2) is 22.6 Å². The largest absolute Gasteiger partial charge is 0.376 e. The number of carbonyl (C=O) groups is 1. The van der Waals surface area contributed by atoms with E-state index in [1.807, 2.05) is 25.9 Å². The fourth-order valence-corrected chi connectivity index (χ4v) is 5.35. The number of halogens is 1. The van der Waals surface area contributed by atoms with Crippen LogP contribution in [0.15, 0.2) is 35.6 Å². The van der Waals surface area contributed by atoms with Crippen LogP contribution in [0.25, 0.3) is 0 Å². The first-order valence-electron chi connectivity index (χ1n) is 11.5. The lowest BCUT2D eigenvalue weighted by Gasteiger charge is -2.25. The fraction of sp³-hybridized carbons (Fsp3) is 0.565. The molecule has 2 amide bonds. The van der Waals surface area contributed by atoms with Crippen molar-refractivity contribution in [2.45, 2.75) is 49.9 Å². The second-order valence-electron chi connectivity index (χ2n) is 8.72. The van der Waals surface area contributed by atoms with Crippen LogP contribution >= 0.6 is 0 Å². The minimum Gasteiger partial charge on any atom is -0.376 e. The van der Waals surface area contributed by atoms with Gasteiger partial charge in [0.15, 0.2) is 0 Å². The van der Waals surface area contributed by atoms with Gasteiger partial charge in [0.05, 0.1) is 36.8 Å². The topological polar surface area (TPSA) is 96.8 Å². The second-order valence-corrected chi connectivity index (χ2v) is 10.6. The highest BCUT2D eigenvalue weighted by molar-refractivity contribution is 7.90. The summed E-state index contributed by atoms with van der Waals surface area (Å²) in [7, 11) is 0.0335. The van der Waals surface area contributed by atoms with Gasteiger partial charge in [0.25, 0.3) is 0 Å². The minimum absolute atomic E-state index is 0.0641. The molecule has 1 aliphatic rings. The lowest BCUT2D eigenvalue weighted by molar-refractivity contribution is 0.0934. The number of sulfone groups is 1. The number of imidazole rings is 1. The minimum atomic E-state index is -3.82. The summed E-state index contributed by atoms with van der Waals surface area (Å²) in [6.45, 7) is 4.66. The summed E-state index contributed by atoms with van der Waals surface area (Å²) in [5, 5.41) is 2.76. The molecule has 2 aromatic rings. The number of hydrogen-bond acceptors (Lipinski definition) is 6. The lowest BCUT2D eigenvalue weighted by Crippen LogP contribution is -2.43. The van der Waals surface area contributed by atoms with E-state index in [-0.39, 0.29) is 29.6 Å². The predicted molar refractivity (Wildman–Crippen MR) is 127 cm³/mol. The van der Waals surface area contributed by atoms with Crippen LogP contribution in [0.5, 0.6) is 0 Å². The van der Waals surface area contributed by atoms with Gasteiger partial charge >= 0.3 is 6.03 Å². The predicted octanol–water partition coefficient (Wildman–Crippen LogP) is 2.27. The maximum absolute atomic E-state index is 13.3. The van der Waals surface area contributed by atoms with Crippen LogP contribution in [0.2, 0.25) is 0 Å². The summed E-state index contributed by atoms with van der Waals surface area (Å²) in [5.41, 5.74) is 1.10. The molecule has 34 heavy (non-hydrogen) atoms. The summed E-state index contributed by atoms with van der Waals surface area (Å²) in [4.78, 5) is 20.6. The first-order chi connectivity index (χ1) is 16.2. The Morgan fingerprint density at radius 1 is 1.26 bits per heavy atom. The number of nitrogens with zero attached hydrogens (tertiary/aromatic N) is 4.